The summed E-state index contributed by atoms with van der Waals surface area (Å²) >= 11 is 0. The van der Waals surface area contributed by atoms with Gasteiger partial charge in [-0.15, -0.1) is 0 Å². The third kappa shape index (κ3) is 4.39. The third-order valence-corrected chi connectivity index (χ3v) is 4.77. The lowest BCUT2D eigenvalue weighted by Crippen LogP contribution is -2.26. The number of amides is 2. The maximum Gasteiger partial charge on any atom is 0.244 e. The Kier molecular flexibility index (Phi) is 6.09. The number of carbonyl (C=O) groups is 2. The number of aryl methyl sites for hydroxylation is 2. The molecule has 1 heterocycles. The largest absolute Gasteiger partial charge is 0.356 e. The Morgan fingerprint density at radius 2 is 1.71 bits per heavy atom. The fourth-order valence-electron chi connectivity index (χ4n) is 3.27. The van der Waals surface area contributed by atoms with Gasteiger partial charge in [-0.2, -0.15) is 0 Å². The van der Waals surface area contributed by atoms with Gasteiger partial charge in [0.05, 0.1) is 11.0 Å². The second kappa shape index (κ2) is 8.69. The van der Waals surface area contributed by atoms with E-state index in [-0.39, 0.29) is 18.4 Å². The van der Waals surface area contributed by atoms with Crippen LogP contribution in [0, 0.1) is 13.8 Å². The van der Waals surface area contributed by atoms with Crippen LogP contribution in [0.15, 0.2) is 42.5 Å². The highest BCUT2D eigenvalue weighted by Crippen LogP contribution is 2.20. The van der Waals surface area contributed by atoms with Gasteiger partial charge >= 0.3 is 0 Å². The van der Waals surface area contributed by atoms with Crippen LogP contribution in [-0.2, 0) is 22.6 Å². The van der Waals surface area contributed by atoms with E-state index in [1.807, 2.05) is 67.8 Å². The molecule has 2 N–H and O–H groups in total. The van der Waals surface area contributed by atoms with Crippen LogP contribution in [0.5, 0.6) is 0 Å². The Labute approximate surface area is 165 Å². The number of aromatic nitrogens is 2. The van der Waals surface area contributed by atoms with Crippen molar-refractivity contribution in [2.24, 2.45) is 0 Å². The average molecular weight is 378 g/mol. The minimum Gasteiger partial charge on any atom is -0.356 e. The number of para-hydroxylation sites is 3. The summed E-state index contributed by atoms with van der Waals surface area (Å²) < 4.78 is 1.93. The van der Waals surface area contributed by atoms with E-state index in [1.54, 1.807) is 0 Å². The average Bonchev–Trinajstić information content (AvgIpc) is 3.02. The number of imidazole rings is 1. The van der Waals surface area contributed by atoms with E-state index in [1.165, 1.54) is 0 Å². The number of hydrogen-bond donors (Lipinski definition) is 2. The van der Waals surface area contributed by atoms with Crippen LogP contribution in [0.3, 0.4) is 0 Å². The molecule has 3 aromatic rings. The van der Waals surface area contributed by atoms with E-state index < -0.39 is 0 Å². The fraction of sp³-hybridized carbons (Fsp3) is 0.318. The van der Waals surface area contributed by atoms with Crippen molar-refractivity contribution in [1.29, 1.82) is 0 Å². The molecular weight excluding hydrogens is 352 g/mol. The molecule has 3 rings (SSSR count). The van der Waals surface area contributed by atoms with Gasteiger partial charge in [0, 0.05) is 25.1 Å². The van der Waals surface area contributed by atoms with Crippen LogP contribution in [0.25, 0.3) is 11.0 Å². The van der Waals surface area contributed by atoms with Gasteiger partial charge in [0.1, 0.15) is 12.4 Å². The highest BCUT2D eigenvalue weighted by Gasteiger charge is 2.15. The summed E-state index contributed by atoms with van der Waals surface area (Å²) in [5.74, 6) is 0.698. The Morgan fingerprint density at radius 1 is 1.00 bits per heavy atom. The molecule has 0 fully saturated rings. The normalized spacial score (nSPS) is 10.8. The van der Waals surface area contributed by atoms with Crippen molar-refractivity contribution >= 4 is 28.5 Å². The molecule has 6 heteroatoms. The molecule has 6 nitrogen and oxygen atoms in total. The van der Waals surface area contributed by atoms with Gasteiger partial charge in [-0.1, -0.05) is 37.3 Å². The zero-order valence-electron chi connectivity index (χ0n) is 16.6. The molecule has 1 aromatic heterocycles. The molecule has 0 spiro atoms. The lowest BCUT2D eigenvalue weighted by atomic mass is 10.1. The van der Waals surface area contributed by atoms with E-state index in [2.05, 4.69) is 15.6 Å². The van der Waals surface area contributed by atoms with Gasteiger partial charge in [-0.05, 0) is 37.1 Å². The molecule has 0 saturated heterocycles. The number of nitrogens with zero attached hydrogens (tertiary/aromatic N) is 2. The fourth-order valence-corrected chi connectivity index (χ4v) is 3.27. The van der Waals surface area contributed by atoms with E-state index >= 15 is 0 Å². The summed E-state index contributed by atoms with van der Waals surface area (Å²) in [6.45, 7) is 6.45. The van der Waals surface area contributed by atoms with Crippen LogP contribution in [0.1, 0.15) is 30.3 Å². The molecule has 2 aromatic carbocycles. The topological polar surface area (TPSA) is 76.0 Å². The predicted molar refractivity (Wildman–Crippen MR) is 111 cm³/mol. The van der Waals surface area contributed by atoms with Crippen molar-refractivity contribution in [2.75, 3.05) is 11.9 Å². The van der Waals surface area contributed by atoms with Gasteiger partial charge in [0.25, 0.3) is 0 Å². The van der Waals surface area contributed by atoms with Gasteiger partial charge in [0.15, 0.2) is 0 Å². The molecule has 0 aliphatic rings. The molecule has 28 heavy (non-hydrogen) atoms. The second-order valence-electron chi connectivity index (χ2n) is 6.87. The number of anilines is 1. The molecule has 0 saturated carbocycles. The van der Waals surface area contributed by atoms with Crippen LogP contribution in [0.2, 0.25) is 0 Å². The summed E-state index contributed by atoms with van der Waals surface area (Å²) in [7, 11) is 0. The SMILES string of the molecule is CCC(=O)NCCc1nc2ccccc2n1CC(=O)Nc1c(C)cccc1C. The lowest BCUT2D eigenvalue weighted by molar-refractivity contribution is -0.120. The summed E-state index contributed by atoms with van der Waals surface area (Å²) in [4.78, 5) is 28.9. The van der Waals surface area contributed by atoms with Crippen LogP contribution >= 0.6 is 0 Å². The van der Waals surface area contributed by atoms with Crippen LogP contribution in [-0.4, -0.2) is 27.9 Å². The van der Waals surface area contributed by atoms with E-state index in [0.717, 1.165) is 33.7 Å². The second-order valence-corrected chi connectivity index (χ2v) is 6.87. The number of rotatable bonds is 7. The van der Waals surface area contributed by atoms with E-state index in [4.69, 9.17) is 0 Å². The molecule has 0 atom stereocenters. The van der Waals surface area contributed by atoms with Gasteiger partial charge in [0.2, 0.25) is 11.8 Å². The Morgan fingerprint density at radius 3 is 2.43 bits per heavy atom. The van der Waals surface area contributed by atoms with Crippen molar-refractivity contribution in [3.63, 3.8) is 0 Å². The summed E-state index contributed by atoms with van der Waals surface area (Å²) in [5, 5.41) is 5.90. The smallest absolute Gasteiger partial charge is 0.244 e. The van der Waals surface area contributed by atoms with Gasteiger partial charge in [-0.3, -0.25) is 9.59 Å². The number of carbonyl (C=O) groups excluding carboxylic acids is 2. The van der Waals surface area contributed by atoms with E-state index in [9.17, 15) is 9.59 Å². The van der Waals surface area contributed by atoms with Gasteiger partial charge in [-0.25, -0.2) is 4.98 Å². The molecule has 0 radical (unpaired) electrons. The first-order valence-electron chi connectivity index (χ1n) is 9.56. The van der Waals surface area contributed by atoms with Gasteiger partial charge < -0.3 is 15.2 Å². The molecule has 0 bridgehead atoms. The highest BCUT2D eigenvalue weighted by molar-refractivity contribution is 5.93. The standard InChI is InChI=1S/C22H26N4O2/c1-4-20(27)23-13-12-19-24-17-10-5-6-11-18(17)26(19)14-21(28)25-22-15(2)8-7-9-16(22)3/h5-11H,4,12-14H2,1-3H3,(H,23,27)(H,25,28). The van der Waals surface area contributed by atoms with Crippen molar-refractivity contribution in [3.8, 4) is 0 Å². The summed E-state index contributed by atoms with van der Waals surface area (Å²) in [6, 6.07) is 13.7. The Bertz CT molecular complexity index is 987. The monoisotopic (exact) mass is 378 g/mol. The predicted octanol–water partition coefficient (Wildman–Crippen LogP) is 3.36. The molecule has 146 valence electrons. The van der Waals surface area contributed by atoms with Crippen LogP contribution in [0.4, 0.5) is 5.69 Å². The first-order valence-corrected chi connectivity index (χ1v) is 9.56. The number of benzene rings is 2. The highest BCUT2D eigenvalue weighted by atomic mass is 16.2. The summed E-state index contributed by atoms with van der Waals surface area (Å²) in [5.41, 5.74) is 4.68. The number of nitrogens with one attached hydrogen (secondary N) is 2. The Balaban J connectivity index is 1.81. The van der Waals surface area contributed by atoms with Crippen molar-refractivity contribution in [3.05, 3.63) is 59.4 Å². The van der Waals surface area contributed by atoms with Crippen LogP contribution < -0.4 is 10.6 Å². The molecular formula is C22H26N4O2. The van der Waals surface area contributed by atoms with Crippen molar-refractivity contribution in [2.45, 2.75) is 40.2 Å². The molecule has 2 amide bonds. The summed E-state index contributed by atoms with van der Waals surface area (Å²) in [6.07, 6.45) is 1.02. The zero-order chi connectivity index (χ0) is 20.1. The minimum atomic E-state index is -0.0978. The maximum atomic E-state index is 12.8. The number of fused-ring (bicyclic) bond motifs is 1. The van der Waals surface area contributed by atoms with E-state index in [0.29, 0.717) is 19.4 Å². The first-order chi connectivity index (χ1) is 13.5. The molecule has 0 aliphatic heterocycles. The lowest BCUT2D eigenvalue weighted by Gasteiger charge is -2.13. The van der Waals surface area contributed by atoms with Crippen molar-refractivity contribution in [1.82, 2.24) is 14.9 Å². The third-order valence-electron chi connectivity index (χ3n) is 4.77. The quantitative estimate of drug-likeness (QED) is 0.662. The minimum absolute atomic E-state index is 0.00966. The maximum absolute atomic E-state index is 12.8. The molecule has 0 unspecified atom stereocenters. The molecule has 0 aliphatic carbocycles. The van der Waals surface area contributed by atoms with Crippen molar-refractivity contribution < 1.29 is 9.59 Å². The zero-order valence-corrected chi connectivity index (χ0v) is 16.6. The number of hydrogen-bond acceptors (Lipinski definition) is 3. The first kappa shape index (κ1) is 19.6. The Hall–Kier alpha value is -3.15.